The number of nitrogens with zero attached hydrogens (tertiary/aromatic N) is 3. The van der Waals surface area contributed by atoms with E-state index in [0.29, 0.717) is 11.9 Å². The van der Waals surface area contributed by atoms with Gasteiger partial charge in [-0.25, -0.2) is 4.98 Å². The highest BCUT2D eigenvalue weighted by Crippen LogP contribution is 2.41. The van der Waals surface area contributed by atoms with Crippen molar-refractivity contribution in [2.24, 2.45) is 0 Å². The van der Waals surface area contributed by atoms with Crippen molar-refractivity contribution in [3.63, 3.8) is 0 Å². The summed E-state index contributed by atoms with van der Waals surface area (Å²) < 4.78 is 3.29. The van der Waals surface area contributed by atoms with E-state index in [1.54, 1.807) is 11.3 Å². The normalized spacial score (nSPS) is 16.7. The van der Waals surface area contributed by atoms with Crippen LogP contribution in [-0.4, -0.2) is 14.8 Å². The second-order valence-electron chi connectivity index (χ2n) is 5.81. The zero-order valence-corrected chi connectivity index (χ0v) is 12.6. The van der Waals surface area contributed by atoms with Gasteiger partial charge in [0.25, 0.3) is 0 Å². The van der Waals surface area contributed by atoms with Gasteiger partial charge in [-0.05, 0) is 38.3 Å². The molecule has 0 amide bonds. The minimum absolute atomic E-state index is 0.508. The molecule has 1 aliphatic rings. The average Bonchev–Trinajstić information content (AvgIpc) is 3.06. The molecule has 4 rings (SSSR count). The van der Waals surface area contributed by atoms with Crippen LogP contribution in [0.15, 0.2) is 6.07 Å². The Morgan fingerprint density at radius 1 is 1.30 bits per heavy atom. The lowest BCUT2D eigenvalue weighted by atomic mass is 10.1. The molecule has 0 bridgehead atoms. The van der Waals surface area contributed by atoms with E-state index in [4.69, 9.17) is 5.73 Å². The van der Waals surface area contributed by atoms with Gasteiger partial charge in [0.15, 0.2) is 5.82 Å². The molecule has 3 aromatic heterocycles. The van der Waals surface area contributed by atoms with Crippen molar-refractivity contribution >= 4 is 37.6 Å². The van der Waals surface area contributed by atoms with Gasteiger partial charge in [-0.2, -0.15) is 5.10 Å². The van der Waals surface area contributed by atoms with Gasteiger partial charge < -0.3 is 5.73 Å². The molecule has 0 unspecified atom stereocenters. The van der Waals surface area contributed by atoms with E-state index in [1.807, 2.05) is 6.92 Å². The summed E-state index contributed by atoms with van der Waals surface area (Å²) in [6.45, 7) is 4.20. The van der Waals surface area contributed by atoms with Crippen LogP contribution in [0.25, 0.3) is 20.4 Å². The maximum absolute atomic E-state index is 6.15. The summed E-state index contributed by atoms with van der Waals surface area (Å²) >= 11 is 1.68. The number of aromatic nitrogens is 3. The number of pyridine rings is 1. The molecule has 0 aliphatic heterocycles. The summed E-state index contributed by atoms with van der Waals surface area (Å²) in [5.41, 5.74) is 9.70. The van der Waals surface area contributed by atoms with Crippen LogP contribution < -0.4 is 5.73 Å². The van der Waals surface area contributed by atoms with E-state index in [9.17, 15) is 0 Å². The van der Waals surface area contributed by atoms with E-state index in [0.717, 1.165) is 15.2 Å². The number of anilines is 1. The van der Waals surface area contributed by atoms with Gasteiger partial charge in [0.1, 0.15) is 4.83 Å². The van der Waals surface area contributed by atoms with E-state index < -0.39 is 0 Å². The Kier molecular flexibility index (Phi) is 2.54. The molecule has 2 N–H and O–H groups in total. The summed E-state index contributed by atoms with van der Waals surface area (Å²) in [5.74, 6) is 0.659. The highest BCUT2D eigenvalue weighted by Gasteiger charge is 2.24. The topological polar surface area (TPSA) is 56.7 Å². The highest BCUT2D eigenvalue weighted by atomic mass is 32.1. The fraction of sp³-hybridized carbons (Fsp3) is 0.467. The largest absolute Gasteiger partial charge is 0.381 e. The number of hydrogen-bond acceptors (Lipinski definition) is 4. The molecule has 0 spiro atoms. The summed E-state index contributed by atoms with van der Waals surface area (Å²) in [4.78, 5) is 5.77. The van der Waals surface area contributed by atoms with Gasteiger partial charge in [0.2, 0.25) is 0 Å². The average molecular weight is 286 g/mol. The van der Waals surface area contributed by atoms with Crippen LogP contribution in [0.4, 0.5) is 5.82 Å². The number of aryl methyl sites for hydroxylation is 2. The zero-order chi connectivity index (χ0) is 13.9. The predicted octanol–water partition coefficient (Wildman–Crippen LogP) is 3.96. The van der Waals surface area contributed by atoms with Crippen molar-refractivity contribution in [3.8, 4) is 0 Å². The zero-order valence-electron chi connectivity index (χ0n) is 11.8. The Balaban J connectivity index is 2.10. The maximum atomic E-state index is 6.15. The molecule has 0 atom stereocenters. The number of hydrogen-bond donors (Lipinski definition) is 1. The monoisotopic (exact) mass is 286 g/mol. The van der Waals surface area contributed by atoms with Crippen LogP contribution in [0.1, 0.15) is 43.0 Å². The quantitative estimate of drug-likeness (QED) is 0.736. The predicted molar refractivity (Wildman–Crippen MR) is 84.3 cm³/mol. The fourth-order valence-corrected chi connectivity index (χ4v) is 4.62. The smallest absolute Gasteiger partial charge is 0.163 e. The van der Waals surface area contributed by atoms with Crippen LogP contribution in [0.5, 0.6) is 0 Å². The highest BCUT2D eigenvalue weighted by molar-refractivity contribution is 7.26. The van der Waals surface area contributed by atoms with Crippen molar-refractivity contribution in [3.05, 3.63) is 17.3 Å². The standard InChI is InChI=1S/C15H18N4S/c1-8-7-9(2)17-15-11(8)12-13(20-15)14(16)18-19(12)10-5-3-4-6-10/h7,10H,3-6H2,1-2H3,(H2,16,18). The molecule has 104 valence electrons. The van der Waals surface area contributed by atoms with Crippen LogP contribution in [0.2, 0.25) is 0 Å². The second-order valence-corrected chi connectivity index (χ2v) is 6.81. The van der Waals surface area contributed by atoms with Gasteiger partial charge in [-0.3, -0.25) is 4.68 Å². The second kappa shape index (κ2) is 4.19. The van der Waals surface area contributed by atoms with Crippen LogP contribution in [-0.2, 0) is 0 Å². The maximum Gasteiger partial charge on any atom is 0.163 e. The molecule has 1 aliphatic carbocycles. The molecule has 1 saturated carbocycles. The first kappa shape index (κ1) is 12.1. The molecule has 5 heteroatoms. The van der Waals surface area contributed by atoms with Crippen molar-refractivity contribution < 1.29 is 0 Å². The minimum atomic E-state index is 0.508. The van der Waals surface area contributed by atoms with E-state index in [1.165, 1.54) is 42.1 Å². The molecular weight excluding hydrogens is 268 g/mol. The van der Waals surface area contributed by atoms with Crippen molar-refractivity contribution in [1.29, 1.82) is 0 Å². The van der Waals surface area contributed by atoms with E-state index in [-0.39, 0.29) is 0 Å². The molecule has 4 nitrogen and oxygen atoms in total. The van der Waals surface area contributed by atoms with Crippen LogP contribution in [0, 0.1) is 13.8 Å². The summed E-state index contributed by atoms with van der Waals surface area (Å²) in [5, 5.41) is 5.86. The lowest BCUT2D eigenvalue weighted by Crippen LogP contribution is -2.07. The number of rotatable bonds is 1. The summed E-state index contributed by atoms with van der Waals surface area (Å²) in [6.07, 6.45) is 5.02. The first-order valence-electron chi connectivity index (χ1n) is 7.19. The Labute approximate surface area is 121 Å². The first-order chi connectivity index (χ1) is 9.65. The lowest BCUT2D eigenvalue weighted by molar-refractivity contribution is 0.484. The molecule has 1 fully saturated rings. The van der Waals surface area contributed by atoms with Gasteiger partial charge in [-0.1, -0.05) is 12.8 Å². The Morgan fingerprint density at radius 3 is 2.80 bits per heavy atom. The molecule has 0 aromatic carbocycles. The van der Waals surface area contributed by atoms with Gasteiger partial charge in [-0.15, -0.1) is 11.3 Å². The van der Waals surface area contributed by atoms with Gasteiger partial charge in [0, 0.05) is 11.1 Å². The van der Waals surface area contributed by atoms with Crippen LogP contribution >= 0.6 is 11.3 Å². The Bertz CT molecular complexity index is 808. The Morgan fingerprint density at radius 2 is 2.05 bits per heavy atom. The number of nitrogens with two attached hydrogens (primary N) is 1. The van der Waals surface area contributed by atoms with E-state index >= 15 is 0 Å². The lowest BCUT2D eigenvalue weighted by Gasteiger charge is -2.11. The number of nitrogen functional groups attached to an aromatic ring is 1. The third kappa shape index (κ3) is 1.59. The molecule has 20 heavy (non-hydrogen) atoms. The Hall–Kier alpha value is -1.62. The minimum Gasteiger partial charge on any atom is -0.381 e. The molecule has 0 saturated heterocycles. The molecule has 3 heterocycles. The molecule has 0 radical (unpaired) electrons. The SMILES string of the molecule is Cc1cc(C)c2c(n1)sc1c(N)nn(C3CCCC3)c12. The number of thiophene rings is 1. The van der Waals surface area contributed by atoms with Crippen molar-refractivity contribution in [1.82, 2.24) is 14.8 Å². The van der Waals surface area contributed by atoms with Gasteiger partial charge >= 0.3 is 0 Å². The molecule has 3 aromatic rings. The number of fused-ring (bicyclic) bond motifs is 3. The van der Waals surface area contributed by atoms with E-state index in [2.05, 4.69) is 27.8 Å². The third-order valence-electron chi connectivity index (χ3n) is 4.31. The van der Waals surface area contributed by atoms with Crippen molar-refractivity contribution in [2.75, 3.05) is 5.73 Å². The molecular formula is C15H18N4S. The summed E-state index contributed by atoms with van der Waals surface area (Å²) in [7, 11) is 0. The first-order valence-corrected chi connectivity index (χ1v) is 8.01. The summed E-state index contributed by atoms with van der Waals surface area (Å²) in [6, 6.07) is 2.66. The van der Waals surface area contributed by atoms with Crippen LogP contribution in [0.3, 0.4) is 0 Å². The fourth-order valence-electron chi connectivity index (χ4n) is 3.44. The third-order valence-corrected chi connectivity index (χ3v) is 5.41. The van der Waals surface area contributed by atoms with Gasteiger partial charge in [0.05, 0.1) is 16.3 Å². The van der Waals surface area contributed by atoms with Crippen molar-refractivity contribution in [2.45, 2.75) is 45.6 Å².